The van der Waals surface area contributed by atoms with Gasteiger partial charge in [-0.25, -0.2) is 9.97 Å². The molecule has 4 rings (SSSR count). The van der Waals surface area contributed by atoms with E-state index in [9.17, 15) is 4.79 Å². The number of hydrogen-bond acceptors (Lipinski definition) is 5. The highest BCUT2D eigenvalue weighted by atomic mass is 16.1. The molecule has 0 bridgehead atoms. The van der Waals surface area contributed by atoms with Gasteiger partial charge in [-0.1, -0.05) is 42.5 Å². The lowest BCUT2D eigenvalue weighted by Gasteiger charge is -2.33. The number of rotatable bonds is 4. The minimum atomic E-state index is -0.178. The number of benzene rings is 2. The Kier molecular flexibility index (Phi) is 5.30. The van der Waals surface area contributed by atoms with Gasteiger partial charge in [0.25, 0.3) is 5.91 Å². The second kappa shape index (κ2) is 8.19. The topological polar surface area (TPSA) is 61.4 Å². The molecule has 6 heteroatoms. The molecular weight excluding hydrogens is 350 g/mol. The molecule has 0 atom stereocenters. The first-order valence-corrected chi connectivity index (χ1v) is 9.41. The van der Waals surface area contributed by atoms with Gasteiger partial charge in [0.2, 0.25) is 0 Å². The molecule has 3 aromatic rings. The van der Waals surface area contributed by atoms with Crippen molar-refractivity contribution in [2.45, 2.75) is 0 Å². The Morgan fingerprint density at radius 2 is 1.57 bits per heavy atom. The summed E-state index contributed by atoms with van der Waals surface area (Å²) in [5.41, 5.74) is 2.80. The number of amides is 1. The van der Waals surface area contributed by atoms with Crippen LogP contribution in [0.5, 0.6) is 0 Å². The average molecular weight is 373 g/mol. The number of hydrogen-bond donors (Lipinski definition) is 1. The highest BCUT2D eigenvalue weighted by Gasteiger charge is 2.16. The van der Waals surface area contributed by atoms with Crippen molar-refractivity contribution in [2.75, 3.05) is 43.4 Å². The third kappa shape index (κ3) is 4.18. The first-order chi connectivity index (χ1) is 13.7. The molecule has 1 amide bonds. The van der Waals surface area contributed by atoms with E-state index in [0.717, 1.165) is 43.1 Å². The van der Waals surface area contributed by atoms with Crippen LogP contribution >= 0.6 is 0 Å². The Hall–Kier alpha value is -3.25. The van der Waals surface area contributed by atoms with E-state index in [1.54, 1.807) is 0 Å². The number of carbonyl (C=O) groups excluding carboxylic acids is 1. The van der Waals surface area contributed by atoms with Gasteiger partial charge in [0, 0.05) is 37.8 Å². The first-order valence-electron chi connectivity index (χ1n) is 9.41. The maximum absolute atomic E-state index is 12.6. The maximum Gasteiger partial charge on any atom is 0.256 e. The second-order valence-electron chi connectivity index (χ2n) is 6.95. The van der Waals surface area contributed by atoms with Crippen LogP contribution in [0.1, 0.15) is 10.4 Å². The lowest BCUT2D eigenvalue weighted by Crippen LogP contribution is -2.44. The van der Waals surface area contributed by atoms with Crippen LogP contribution in [-0.4, -0.2) is 54.0 Å². The van der Waals surface area contributed by atoms with Crippen LogP contribution in [0.25, 0.3) is 11.1 Å². The van der Waals surface area contributed by atoms with E-state index < -0.39 is 0 Å². The molecule has 142 valence electrons. The molecule has 0 unspecified atom stereocenters. The fourth-order valence-electron chi connectivity index (χ4n) is 3.26. The normalized spacial score (nSPS) is 14.7. The smallest absolute Gasteiger partial charge is 0.256 e. The molecule has 1 saturated heterocycles. The zero-order valence-electron chi connectivity index (χ0n) is 15.9. The van der Waals surface area contributed by atoms with E-state index in [-0.39, 0.29) is 5.91 Å². The predicted octanol–water partition coefficient (Wildman–Crippen LogP) is 3.15. The quantitative estimate of drug-likeness (QED) is 0.761. The maximum atomic E-state index is 12.6. The van der Waals surface area contributed by atoms with Gasteiger partial charge in [-0.05, 0) is 30.3 Å². The third-order valence-corrected chi connectivity index (χ3v) is 4.98. The number of nitrogens with zero attached hydrogens (tertiary/aromatic N) is 4. The van der Waals surface area contributed by atoms with Crippen molar-refractivity contribution in [3.63, 3.8) is 0 Å². The summed E-state index contributed by atoms with van der Waals surface area (Å²) in [6, 6.07) is 19.5. The van der Waals surface area contributed by atoms with Crippen LogP contribution < -0.4 is 10.2 Å². The fourth-order valence-corrected chi connectivity index (χ4v) is 3.26. The molecule has 0 radical (unpaired) electrons. The molecule has 1 aliphatic heterocycles. The third-order valence-electron chi connectivity index (χ3n) is 4.98. The highest BCUT2D eigenvalue weighted by molar-refractivity contribution is 6.04. The van der Waals surface area contributed by atoms with Crippen LogP contribution in [0, 0.1) is 0 Å². The van der Waals surface area contributed by atoms with Crippen LogP contribution in [0.3, 0.4) is 0 Å². The molecule has 1 N–H and O–H groups in total. The van der Waals surface area contributed by atoms with E-state index in [0.29, 0.717) is 11.4 Å². The summed E-state index contributed by atoms with van der Waals surface area (Å²) in [5, 5.41) is 2.88. The van der Waals surface area contributed by atoms with Crippen LogP contribution in [-0.2, 0) is 0 Å². The lowest BCUT2D eigenvalue weighted by molar-refractivity contribution is 0.102. The van der Waals surface area contributed by atoms with E-state index in [2.05, 4.69) is 44.3 Å². The van der Waals surface area contributed by atoms with Crippen molar-refractivity contribution in [1.29, 1.82) is 0 Å². The second-order valence-corrected chi connectivity index (χ2v) is 6.95. The number of likely N-dealkylation sites (N-methyl/N-ethyl adjacent to an activating group) is 1. The number of anilines is 2. The predicted molar refractivity (Wildman–Crippen MR) is 112 cm³/mol. The Labute approximate surface area is 164 Å². The molecule has 2 heterocycles. The summed E-state index contributed by atoms with van der Waals surface area (Å²) in [4.78, 5) is 25.7. The number of piperazine rings is 1. The van der Waals surface area contributed by atoms with Crippen molar-refractivity contribution < 1.29 is 4.79 Å². The summed E-state index contributed by atoms with van der Waals surface area (Å²) in [6.45, 7) is 3.84. The van der Waals surface area contributed by atoms with Gasteiger partial charge in [-0.15, -0.1) is 0 Å². The van der Waals surface area contributed by atoms with Gasteiger partial charge in [-0.3, -0.25) is 4.79 Å². The number of nitrogens with one attached hydrogen (secondary N) is 1. The van der Waals surface area contributed by atoms with Gasteiger partial charge in [0.15, 0.2) is 0 Å². The molecular formula is C22H23N5O. The fraction of sp³-hybridized carbons (Fsp3) is 0.227. The van der Waals surface area contributed by atoms with E-state index in [1.807, 2.05) is 48.5 Å². The summed E-state index contributed by atoms with van der Waals surface area (Å²) < 4.78 is 0. The Balaban J connectivity index is 1.44. The minimum Gasteiger partial charge on any atom is -0.354 e. The van der Waals surface area contributed by atoms with Crippen molar-refractivity contribution >= 4 is 17.5 Å². The summed E-state index contributed by atoms with van der Waals surface area (Å²) >= 11 is 0. The summed E-state index contributed by atoms with van der Waals surface area (Å²) in [5.74, 6) is 1.18. The average Bonchev–Trinajstić information content (AvgIpc) is 2.75. The van der Waals surface area contributed by atoms with Crippen molar-refractivity contribution in [2.24, 2.45) is 0 Å². The molecule has 6 nitrogen and oxygen atoms in total. The summed E-state index contributed by atoms with van der Waals surface area (Å²) in [7, 11) is 2.12. The van der Waals surface area contributed by atoms with Crippen molar-refractivity contribution in [3.05, 3.63) is 72.6 Å². The molecule has 1 aromatic heterocycles. The van der Waals surface area contributed by atoms with Crippen LogP contribution in [0.15, 0.2) is 67.0 Å². The van der Waals surface area contributed by atoms with Gasteiger partial charge in [0.05, 0.1) is 0 Å². The first kappa shape index (κ1) is 18.1. The van der Waals surface area contributed by atoms with E-state index >= 15 is 0 Å². The lowest BCUT2D eigenvalue weighted by atomic mass is 10.0. The molecule has 1 fully saturated rings. The van der Waals surface area contributed by atoms with Gasteiger partial charge in [-0.2, -0.15) is 0 Å². The highest BCUT2D eigenvalue weighted by Crippen LogP contribution is 2.20. The monoisotopic (exact) mass is 373 g/mol. The van der Waals surface area contributed by atoms with E-state index in [1.165, 1.54) is 6.33 Å². The van der Waals surface area contributed by atoms with Gasteiger partial charge < -0.3 is 15.1 Å². The van der Waals surface area contributed by atoms with Crippen LogP contribution in [0.4, 0.5) is 11.6 Å². The Morgan fingerprint density at radius 1 is 0.893 bits per heavy atom. The standard InChI is InChI=1S/C22H23N5O/c1-26-11-13-27(14-12-26)21-15-20(23-16-24-21)25-22(28)19-9-7-18(8-10-19)17-5-3-2-4-6-17/h2-10,15-16H,11-14H2,1H3,(H,23,24,25,28). The van der Waals surface area contributed by atoms with Crippen molar-refractivity contribution in [3.8, 4) is 11.1 Å². The van der Waals surface area contributed by atoms with Crippen LogP contribution in [0.2, 0.25) is 0 Å². The molecule has 0 spiro atoms. The molecule has 1 aliphatic rings. The Bertz CT molecular complexity index is 935. The van der Waals surface area contributed by atoms with E-state index in [4.69, 9.17) is 0 Å². The number of carbonyl (C=O) groups is 1. The zero-order chi connectivity index (χ0) is 19.3. The summed E-state index contributed by atoms with van der Waals surface area (Å²) in [6.07, 6.45) is 1.50. The molecule has 2 aromatic carbocycles. The molecule has 28 heavy (non-hydrogen) atoms. The Morgan fingerprint density at radius 3 is 2.29 bits per heavy atom. The number of aromatic nitrogens is 2. The molecule has 0 saturated carbocycles. The minimum absolute atomic E-state index is 0.178. The van der Waals surface area contributed by atoms with Gasteiger partial charge in [0.1, 0.15) is 18.0 Å². The van der Waals surface area contributed by atoms with Gasteiger partial charge >= 0.3 is 0 Å². The zero-order valence-corrected chi connectivity index (χ0v) is 15.9. The largest absolute Gasteiger partial charge is 0.354 e. The van der Waals surface area contributed by atoms with Crippen molar-refractivity contribution in [1.82, 2.24) is 14.9 Å². The SMILES string of the molecule is CN1CCN(c2cc(NC(=O)c3ccc(-c4ccccc4)cc3)ncn2)CC1. The molecule has 0 aliphatic carbocycles.